The average Bonchev–Trinajstić information content (AvgIpc) is 2.65. The third-order valence-electron chi connectivity index (χ3n) is 4.34. The molecule has 1 aromatic rings. The molecule has 1 fully saturated rings. The van der Waals surface area contributed by atoms with Crippen molar-refractivity contribution in [1.82, 2.24) is 9.62 Å². The number of aliphatic carboxylic acids is 1. The number of amides is 1. The van der Waals surface area contributed by atoms with Crippen molar-refractivity contribution in [2.75, 3.05) is 25.1 Å². The lowest BCUT2D eigenvalue weighted by Gasteiger charge is -2.26. The number of nitrogens with one attached hydrogen (secondary N) is 1. The lowest BCUT2D eigenvalue weighted by atomic mass is 10.1. The van der Waals surface area contributed by atoms with Crippen molar-refractivity contribution in [2.45, 2.75) is 36.6 Å². The number of piperidine rings is 1. The lowest BCUT2D eigenvalue weighted by Crippen LogP contribution is -2.41. The summed E-state index contributed by atoms with van der Waals surface area (Å²) in [5, 5.41) is 11.7. The molecule has 0 bridgehead atoms. The van der Waals surface area contributed by atoms with E-state index < -0.39 is 27.9 Å². The number of carboxylic acids is 1. The number of carbonyl (C=O) groups is 2. The van der Waals surface area contributed by atoms with Gasteiger partial charge in [0.1, 0.15) is 10.9 Å². The molecular weight excluding hydrogens is 412 g/mol. The molecule has 1 saturated heterocycles. The fraction of sp³-hybridized carbons (Fsp3) is 0.529. The molecule has 0 aliphatic carbocycles. The molecule has 1 atom stereocenters. The Kier molecular flexibility index (Phi) is 7.96. The number of hydrogen-bond acceptors (Lipinski definition) is 5. The van der Waals surface area contributed by atoms with Crippen LogP contribution in [0.25, 0.3) is 0 Å². The first kappa shape index (κ1) is 22.0. The highest BCUT2D eigenvalue weighted by molar-refractivity contribution is 7.98. The molecule has 2 rings (SSSR count). The molecule has 7 nitrogen and oxygen atoms in total. The van der Waals surface area contributed by atoms with Crippen LogP contribution in [0.4, 0.5) is 0 Å². The second-order valence-corrected chi connectivity index (χ2v) is 9.55. The largest absolute Gasteiger partial charge is 0.480 e. The van der Waals surface area contributed by atoms with Crippen LogP contribution in [0, 0.1) is 0 Å². The molecule has 27 heavy (non-hydrogen) atoms. The van der Waals surface area contributed by atoms with Crippen LogP contribution < -0.4 is 5.32 Å². The fourth-order valence-corrected chi connectivity index (χ4v) is 5.31. The summed E-state index contributed by atoms with van der Waals surface area (Å²) < 4.78 is 27.1. The highest BCUT2D eigenvalue weighted by atomic mass is 35.5. The van der Waals surface area contributed by atoms with Crippen molar-refractivity contribution < 1.29 is 23.1 Å². The number of carboxylic acid groups (broad SMARTS) is 1. The zero-order valence-electron chi connectivity index (χ0n) is 15.0. The van der Waals surface area contributed by atoms with E-state index in [-0.39, 0.29) is 21.9 Å². The van der Waals surface area contributed by atoms with Crippen molar-refractivity contribution in [3.05, 3.63) is 28.8 Å². The summed E-state index contributed by atoms with van der Waals surface area (Å²) in [5.74, 6) is -1.20. The van der Waals surface area contributed by atoms with E-state index in [2.05, 4.69) is 5.32 Å². The molecule has 0 radical (unpaired) electrons. The normalized spacial score (nSPS) is 16.7. The van der Waals surface area contributed by atoms with Crippen LogP contribution in [0.1, 0.15) is 36.0 Å². The highest BCUT2D eigenvalue weighted by Gasteiger charge is 2.29. The van der Waals surface area contributed by atoms with E-state index in [1.165, 1.54) is 34.3 Å². The number of thioether (sulfide) groups is 1. The third kappa shape index (κ3) is 5.60. The van der Waals surface area contributed by atoms with E-state index in [0.717, 1.165) is 19.3 Å². The minimum absolute atomic E-state index is 0.0364. The Bertz CT molecular complexity index is 795. The number of rotatable bonds is 8. The Hall–Kier alpha value is -1.29. The molecule has 1 aliphatic rings. The predicted molar refractivity (Wildman–Crippen MR) is 106 cm³/mol. The summed E-state index contributed by atoms with van der Waals surface area (Å²) in [7, 11) is -3.81. The van der Waals surface area contributed by atoms with E-state index in [1.807, 2.05) is 6.26 Å². The first-order chi connectivity index (χ1) is 12.8. The maximum absolute atomic E-state index is 12.9. The summed E-state index contributed by atoms with van der Waals surface area (Å²) >= 11 is 7.57. The van der Waals surface area contributed by atoms with Crippen LogP contribution in [-0.2, 0) is 14.8 Å². The smallest absolute Gasteiger partial charge is 0.326 e. The number of sulfonamides is 1. The summed E-state index contributed by atoms with van der Waals surface area (Å²) in [4.78, 5) is 23.6. The molecule has 150 valence electrons. The van der Waals surface area contributed by atoms with Crippen LogP contribution in [0.15, 0.2) is 23.1 Å². The van der Waals surface area contributed by atoms with Gasteiger partial charge in [-0.1, -0.05) is 18.0 Å². The van der Waals surface area contributed by atoms with Crippen LogP contribution in [0.2, 0.25) is 5.02 Å². The van der Waals surface area contributed by atoms with E-state index in [9.17, 15) is 23.1 Å². The molecular formula is C17H23ClN2O5S2. The van der Waals surface area contributed by atoms with Crippen molar-refractivity contribution in [3.63, 3.8) is 0 Å². The maximum atomic E-state index is 12.9. The zero-order valence-corrected chi connectivity index (χ0v) is 17.4. The van der Waals surface area contributed by atoms with Gasteiger partial charge in [-0.2, -0.15) is 16.1 Å². The number of hydrogen-bond donors (Lipinski definition) is 2. The van der Waals surface area contributed by atoms with Crippen LogP contribution in [0.5, 0.6) is 0 Å². The second kappa shape index (κ2) is 9.77. The molecule has 10 heteroatoms. The first-order valence-corrected chi connectivity index (χ1v) is 11.8. The SMILES string of the molecule is CSCC[C@H](NC(=O)c1ccc(Cl)c(S(=O)(=O)N2CCCCC2)c1)C(=O)O. The van der Waals surface area contributed by atoms with Crippen LogP contribution in [-0.4, -0.2) is 60.8 Å². The van der Waals surface area contributed by atoms with Gasteiger partial charge in [-0.15, -0.1) is 0 Å². The van der Waals surface area contributed by atoms with Gasteiger partial charge in [-0.25, -0.2) is 13.2 Å². The first-order valence-electron chi connectivity index (χ1n) is 8.59. The second-order valence-electron chi connectivity index (χ2n) is 6.26. The Balaban J connectivity index is 2.25. The van der Waals surface area contributed by atoms with Gasteiger partial charge in [-0.05, 0) is 49.5 Å². The molecule has 1 aliphatic heterocycles. The Labute approximate surface area is 168 Å². The van der Waals surface area contributed by atoms with Gasteiger partial charge >= 0.3 is 5.97 Å². The van der Waals surface area contributed by atoms with Crippen molar-refractivity contribution in [3.8, 4) is 0 Å². The summed E-state index contributed by atoms with van der Waals surface area (Å²) in [6.07, 6.45) is 4.67. The van der Waals surface area contributed by atoms with Gasteiger partial charge in [0.2, 0.25) is 10.0 Å². The summed E-state index contributed by atoms with van der Waals surface area (Å²) in [6.45, 7) is 0.843. The molecule has 0 aromatic heterocycles. The topological polar surface area (TPSA) is 104 Å². The lowest BCUT2D eigenvalue weighted by molar-refractivity contribution is -0.139. The summed E-state index contributed by atoms with van der Waals surface area (Å²) in [6, 6.07) is 2.92. The van der Waals surface area contributed by atoms with Gasteiger partial charge < -0.3 is 10.4 Å². The van der Waals surface area contributed by atoms with Crippen molar-refractivity contribution in [1.29, 1.82) is 0 Å². The standard InChI is InChI=1S/C17H23ClN2O5S2/c1-26-10-7-14(17(22)23)19-16(21)12-5-6-13(18)15(11-12)27(24,25)20-8-3-2-4-9-20/h5-6,11,14H,2-4,7-10H2,1H3,(H,19,21)(H,22,23)/t14-/m0/s1. The number of carbonyl (C=O) groups excluding carboxylic acids is 1. The highest BCUT2D eigenvalue weighted by Crippen LogP contribution is 2.28. The third-order valence-corrected chi connectivity index (χ3v) is 7.36. The van der Waals surface area contributed by atoms with E-state index in [0.29, 0.717) is 18.8 Å². The van der Waals surface area contributed by atoms with Crippen LogP contribution in [0.3, 0.4) is 0 Å². The number of nitrogens with zero attached hydrogens (tertiary/aromatic N) is 1. The zero-order chi connectivity index (χ0) is 20.0. The molecule has 1 amide bonds. The quantitative estimate of drug-likeness (QED) is 0.651. The van der Waals surface area contributed by atoms with E-state index in [1.54, 1.807) is 0 Å². The van der Waals surface area contributed by atoms with Gasteiger partial charge in [-0.3, -0.25) is 4.79 Å². The Morgan fingerprint density at radius 2 is 1.96 bits per heavy atom. The number of benzene rings is 1. The minimum atomic E-state index is -3.81. The molecule has 1 heterocycles. The Morgan fingerprint density at radius 1 is 1.30 bits per heavy atom. The minimum Gasteiger partial charge on any atom is -0.480 e. The number of halogens is 1. The van der Waals surface area contributed by atoms with Crippen molar-refractivity contribution in [2.24, 2.45) is 0 Å². The summed E-state index contributed by atoms with van der Waals surface area (Å²) in [5.41, 5.74) is 0.0605. The van der Waals surface area contributed by atoms with Crippen molar-refractivity contribution >= 4 is 45.3 Å². The van der Waals surface area contributed by atoms with E-state index >= 15 is 0 Å². The molecule has 0 unspecified atom stereocenters. The molecule has 1 aromatic carbocycles. The monoisotopic (exact) mass is 434 g/mol. The van der Waals surface area contributed by atoms with E-state index in [4.69, 9.17) is 11.6 Å². The van der Waals surface area contributed by atoms with Crippen LogP contribution >= 0.6 is 23.4 Å². The van der Waals surface area contributed by atoms with Gasteiger partial charge in [0, 0.05) is 18.7 Å². The Morgan fingerprint density at radius 3 is 2.56 bits per heavy atom. The molecule has 2 N–H and O–H groups in total. The van der Waals surface area contributed by atoms with Gasteiger partial charge in [0.05, 0.1) is 5.02 Å². The molecule has 0 saturated carbocycles. The molecule has 0 spiro atoms. The van der Waals surface area contributed by atoms with Gasteiger partial charge in [0.15, 0.2) is 0 Å². The predicted octanol–water partition coefficient (Wildman–Crippen LogP) is 2.45. The average molecular weight is 435 g/mol. The fourth-order valence-electron chi connectivity index (χ4n) is 2.82. The van der Waals surface area contributed by atoms with Gasteiger partial charge in [0.25, 0.3) is 5.91 Å². The maximum Gasteiger partial charge on any atom is 0.326 e.